The first kappa shape index (κ1) is 10.6. The van der Waals surface area contributed by atoms with Crippen molar-refractivity contribution in [3.63, 3.8) is 0 Å². The smallest absolute Gasteiger partial charge is 0.162 e. The van der Waals surface area contributed by atoms with Crippen molar-refractivity contribution in [2.24, 2.45) is 5.92 Å². The fourth-order valence-electron chi connectivity index (χ4n) is 2.25. The maximum absolute atomic E-state index is 13.3. The van der Waals surface area contributed by atoms with Gasteiger partial charge in [0.05, 0.1) is 6.10 Å². The third-order valence-electron chi connectivity index (χ3n) is 3.33. The van der Waals surface area contributed by atoms with E-state index in [2.05, 4.69) is 0 Å². The minimum Gasteiger partial charge on any atom is -0.388 e. The molecule has 2 unspecified atom stereocenters. The highest BCUT2D eigenvalue weighted by Crippen LogP contribution is 2.37. The van der Waals surface area contributed by atoms with Gasteiger partial charge in [0, 0.05) is 0 Å². The zero-order chi connectivity index (χ0) is 11.2. The number of aliphatic hydroxyl groups excluding tert-OH is 1. The van der Waals surface area contributed by atoms with Crippen molar-refractivity contribution in [2.75, 3.05) is 0 Å². The summed E-state index contributed by atoms with van der Waals surface area (Å²) in [5.74, 6) is -1.53. The van der Waals surface area contributed by atoms with Crippen LogP contribution in [0.3, 0.4) is 0 Å². The Labute approximate surface area is 87.7 Å². The lowest BCUT2D eigenvalue weighted by Gasteiger charge is -2.28. The quantitative estimate of drug-likeness (QED) is 0.701. The lowest BCUT2D eigenvalue weighted by molar-refractivity contribution is 0.103. The topological polar surface area (TPSA) is 20.2 Å². The first-order valence-electron chi connectivity index (χ1n) is 5.17. The first-order chi connectivity index (χ1) is 7.02. The fraction of sp³-hybridized carbons (Fsp3) is 0.500. The fourth-order valence-corrected chi connectivity index (χ4v) is 2.25. The molecule has 0 heterocycles. The van der Waals surface area contributed by atoms with Crippen LogP contribution >= 0.6 is 0 Å². The average Bonchev–Trinajstić information content (AvgIpc) is 2.21. The number of rotatable bonds is 0. The van der Waals surface area contributed by atoms with Crippen LogP contribution < -0.4 is 0 Å². The van der Waals surface area contributed by atoms with E-state index in [0.29, 0.717) is 11.1 Å². The van der Waals surface area contributed by atoms with E-state index in [4.69, 9.17) is 0 Å². The molecule has 1 N–H and O–H groups in total. The van der Waals surface area contributed by atoms with E-state index >= 15 is 0 Å². The van der Waals surface area contributed by atoms with Crippen molar-refractivity contribution in [2.45, 2.75) is 32.8 Å². The van der Waals surface area contributed by atoms with Crippen molar-refractivity contribution < 1.29 is 13.9 Å². The third-order valence-corrected chi connectivity index (χ3v) is 3.33. The molecule has 0 fully saturated rings. The van der Waals surface area contributed by atoms with E-state index in [1.165, 1.54) is 0 Å². The summed E-state index contributed by atoms with van der Waals surface area (Å²) in [6.45, 7) is 3.49. The summed E-state index contributed by atoms with van der Waals surface area (Å²) in [6.07, 6.45) is 0.874. The van der Waals surface area contributed by atoms with Crippen LogP contribution in [0.5, 0.6) is 0 Å². The van der Waals surface area contributed by atoms with Gasteiger partial charge in [0.1, 0.15) is 0 Å². The largest absolute Gasteiger partial charge is 0.388 e. The third kappa shape index (κ3) is 1.55. The van der Waals surface area contributed by atoms with Crippen molar-refractivity contribution >= 4 is 0 Å². The van der Waals surface area contributed by atoms with Crippen LogP contribution in [0.4, 0.5) is 8.78 Å². The number of benzene rings is 1. The Morgan fingerprint density at radius 3 is 2.73 bits per heavy atom. The number of aliphatic hydroxyl groups is 1. The van der Waals surface area contributed by atoms with E-state index in [1.807, 2.05) is 6.92 Å². The molecule has 3 heteroatoms. The van der Waals surface area contributed by atoms with Gasteiger partial charge in [-0.15, -0.1) is 0 Å². The molecule has 0 aromatic heterocycles. The number of fused-ring (bicyclic) bond motifs is 1. The summed E-state index contributed by atoms with van der Waals surface area (Å²) in [4.78, 5) is 0. The molecule has 2 rings (SSSR count). The molecule has 0 saturated carbocycles. The maximum atomic E-state index is 13.3. The normalized spacial score (nSPS) is 25.1. The van der Waals surface area contributed by atoms with Crippen molar-refractivity contribution in [1.29, 1.82) is 0 Å². The summed E-state index contributed by atoms with van der Waals surface area (Å²) in [5, 5.41) is 9.88. The first-order valence-corrected chi connectivity index (χ1v) is 5.17. The highest BCUT2D eigenvalue weighted by Gasteiger charge is 2.28. The van der Waals surface area contributed by atoms with Gasteiger partial charge in [-0.2, -0.15) is 0 Å². The van der Waals surface area contributed by atoms with Crippen LogP contribution in [0.2, 0.25) is 0 Å². The molecule has 1 aromatic carbocycles. The van der Waals surface area contributed by atoms with Gasteiger partial charge in [0.2, 0.25) is 0 Å². The standard InChI is InChI=1S/C12H14F2O/c1-6-3-4-8-7(2)11(14)10(13)5-9(8)12(6)15/h5-6,12,15H,3-4H2,1-2H3. The van der Waals surface area contributed by atoms with E-state index < -0.39 is 17.7 Å². The summed E-state index contributed by atoms with van der Waals surface area (Å²) in [5.41, 5.74) is 1.68. The van der Waals surface area contributed by atoms with Crippen LogP contribution in [0, 0.1) is 24.5 Å². The molecule has 0 aliphatic heterocycles. The second-order valence-electron chi connectivity index (χ2n) is 4.33. The van der Waals surface area contributed by atoms with Crippen molar-refractivity contribution in [3.05, 3.63) is 34.4 Å². The highest BCUT2D eigenvalue weighted by atomic mass is 19.2. The molecule has 82 valence electrons. The number of halogens is 2. The van der Waals surface area contributed by atoms with Crippen LogP contribution in [0.15, 0.2) is 6.07 Å². The van der Waals surface area contributed by atoms with E-state index in [1.54, 1.807) is 6.92 Å². The van der Waals surface area contributed by atoms with E-state index in [9.17, 15) is 13.9 Å². The Morgan fingerprint density at radius 2 is 2.07 bits per heavy atom. The summed E-state index contributed by atoms with van der Waals surface area (Å²) < 4.78 is 26.5. The van der Waals surface area contributed by atoms with Crippen LogP contribution in [0.1, 0.15) is 36.1 Å². The average molecular weight is 212 g/mol. The number of hydrogen-bond acceptors (Lipinski definition) is 1. The van der Waals surface area contributed by atoms with Gasteiger partial charge in [-0.25, -0.2) is 8.78 Å². The summed E-state index contributed by atoms with van der Waals surface area (Å²) >= 11 is 0. The lowest BCUT2D eigenvalue weighted by atomic mass is 9.80. The Hall–Kier alpha value is -0.960. The van der Waals surface area contributed by atoms with Gasteiger partial charge in [-0.1, -0.05) is 6.92 Å². The van der Waals surface area contributed by atoms with Gasteiger partial charge in [-0.05, 0) is 48.4 Å². The monoisotopic (exact) mass is 212 g/mol. The molecule has 1 nitrogen and oxygen atoms in total. The van der Waals surface area contributed by atoms with Crippen LogP contribution in [-0.2, 0) is 6.42 Å². The molecule has 1 aliphatic carbocycles. The van der Waals surface area contributed by atoms with Gasteiger partial charge >= 0.3 is 0 Å². The predicted octanol–water partition coefficient (Wildman–Crippen LogP) is 2.89. The zero-order valence-corrected chi connectivity index (χ0v) is 8.85. The maximum Gasteiger partial charge on any atom is 0.162 e. The Bertz CT molecular complexity index is 401. The molecule has 1 aliphatic rings. The molecule has 0 spiro atoms. The summed E-state index contributed by atoms with van der Waals surface area (Å²) in [7, 11) is 0. The zero-order valence-electron chi connectivity index (χ0n) is 8.85. The Kier molecular flexibility index (Phi) is 2.51. The molecule has 2 atom stereocenters. The highest BCUT2D eigenvalue weighted by molar-refractivity contribution is 5.39. The Balaban J connectivity index is 2.61. The second kappa shape index (κ2) is 3.56. The van der Waals surface area contributed by atoms with Crippen LogP contribution in [-0.4, -0.2) is 5.11 Å². The van der Waals surface area contributed by atoms with Crippen LogP contribution in [0.25, 0.3) is 0 Å². The van der Waals surface area contributed by atoms with Crippen molar-refractivity contribution in [1.82, 2.24) is 0 Å². The second-order valence-corrected chi connectivity index (χ2v) is 4.33. The predicted molar refractivity (Wildman–Crippen MR) is 53.5 cm³/mol. The molecule has 1 aromatic rings. The minimum atomic E-state index is -0.862. The molecule has 0 bridgehead atoms. The number of hydrogen-bond donors (Lipinski definition) is 1. The molecule has 0 radical (unpaired) electrons. The molecular formula is C12H14F2O. The van der Waals surface area contributed by atoms with E-state index in [-0.39, 0.29) is 5.92 Å². The van der Waals surface area contributed by atoms with E-state index in [0.717, 1.165) is 24.5 Å². The minimum absolute atomic E-state index is 0.113. The summed E-state index contributed by atoms with van der Waals surface area (Å²) in [6, 6.07) is 1.14. The van der Waals surface area contributed by atoms with Crippen molar-refractivity contribution in [3.8, 4) is 0 Å². The van der Waals surface area contributed by atoms with Gasteiger partial charge < -0.3 is 5.11 Å². The molecule has 0 amide bonds. The Morgan fingerprint density at radius 1 is 1.40 bits per heavy atom. The molecule has 15 heavy (non-hydrogen) atoms. The van der Waals surface area contributed by atoms with Gasteiger partial charge in [0.15, 0.2) is 11.6 Å². The SMILES string of the molecule is Cc1c(F)c(F)cc2c1CCC(C)C2O. The molecule has 0 saturated heterocycles. The van der Waals surface area contributed by atoms with Gasteiger partial charge in [-0.3, -0.25) is 0 Å². The molecular weight excluding hydrogens is 198 g/mol. The lowest BCUT2D eigenvalue weighted by Crippen LogP contribution is -2.20. The van der Waals surface area contributed by atoms with Gasteiger partial charge in [0.25, 0.3) is 0 Å².